The number of ether oxygens (including phenoxy) is 4. The number of aromatic nitrogens is 2. The molecule has 6 aromatic rings. The molecule has 0 radical (unpaired) electrons. The van der Waals surface area contributed by atoms with E-state index in [1.54, 1.807) is 47.1 Å². The number of carbonyl (C=O) groups is 4. The van der Waals surface area contributed by atoms with Gasteiger partial charge in [-0.05, 0) is 101 Å². The van der Waals surface area contributed by atoms with Crippen molar-refractivity contribution >= 4 is 68.7 Å². The Labute approximate surface area is 410 Å². The van der Waals surface area contributed by atoms with Gasteiger partial charge in [-0.15, -0.1) is 0 Å². The quantitative estimate of drug-likeness (QED) is 0.0280. The molecule has 0 aliphatic rings. The Morgan fingerprint density at radius 3 is 1.45 bits per heavy atom. The summed E-state index contributed by atoms with van der Waals surface area (Å²) in [6, 6.07) is 31.2. The van der Waals surface area contributed by atoms with Gasteiger partial charge in [0.25, 0.3) is 0 Å². The van der Waals surface area contributed by atoms with Crippen LogP contribution in [0.1, 0.15) is 52.7 Å². The molecule has 66 heavy (non-hydrogen) atoms. The molecule has 2 heterocycles. The number of hydrogen-bond donors (Lipinski definition) is 2. The van der Waals surface area contributed by atoms with E-state index in [2.05, 4.69) is 48.0 Å². The SMILES string of the molecule is CC(=O)[O-].CCOC(=O)Cl.CCOC(=O)Nc1ccc(-c2c(C#N)c3ccc(OC)cc3n2CC)cc1.CCOOC=O.CCn1c(-c2ccc(N)cc2)c(C#N)c2ccc(OC)cc21.[Na+]. The Kier molecular flexibility index (Phi) is 26.4. The van der Waals surface area contributed by atoms with Crippen molar-refractivity contribution in [3.63, 3.8) is 0 Å². The fraction of sp³-hybridized carbons (Fsp3) is 0.277. The molecule has 344 valence electrons. The van der Waals surface area contributed by atoms with Crippen molar-refractivity contribution in [1.82, 2.24) is 9.13 Å². The van der Waals surface area contributed by atoms with Crippen LogP contribution in [0.4, 0.5) is 21.0 Å². The van der Waals surface area contributed by atoms with Crippen molar-refractivity contribution < 1.29 is 82.6 Å². The van der Waals surface area contributed by atoms with E-state index in [1.807, 2.05) is 79.7 Å². The number of carboxylic acids is 1. The number of nitriles is 2. The average molecular weight is 935 g/mol. The number of benzene rings is 4. The summed E-state index contributed by atoms with van der Waals surface area (Å²) in [7, 11) is 3.27. The summed E-state index contributed by atoms with van der Waals surface area (Å²) < 4.78 is 23.9. The maximum absolute atomic E-state index is 11.6. The molecule has 2 aromatic heterocycles. The third-order valence-corrected chi connectivity index (χ3v) is 8.86. The molecular formula is C47H52ClN6NaO11. The van der Waals surface area contributed by atoms with E-state index in [0.717, 1.165) is 69.3 Å². The third-order valence-electron chi connectivity index (χ3n) is 8.75. The van der Waals surface area contributed by atoms with E-state index in [9.17, 15) is 24.9 Å². The average Bonchev–Trinajstić information content (AvgIpc) is 3.80. The molecule has 0 saturated carbocycles. The van der Waals surface area contributed by atoms with Gasteiger partial charge >= 0.3 is 47.6 Å². The topological polar surface area (TPSA) is 242 Å². The van der Waals surface area contributed by atoms with Crippen molar-refractivity contribution in [2.45, 2.75) is 54.6 Å². The number of halogens is 1. The molecule has 4 aromatic carbocycles. The predicted octanol–water partition coefficient (Wildman–Crippen LogP) is 5.82. The normalized spacial score (nSPS) is 9.56. The van der Waals surface area contributed by atoms with Crippen molar-refractivity contribution in [3.05, 3.63) is 96.1 Å². The summed E-state index contributed by atoms with van der Waals surface area (Å²) in [5, 5.41) is 32.8. The summed E-state index contributed by atoms with van der Waals surface area (Å²) in [6.07, 6.45) is -0.488. The second-order valence-electron chi connectivity index (χ2n) is 12.7. The monoisotopic (exact) mass is 934 g/mol. The maximum Gasteiger partial charge on any atom is 1.00 e. The Morgan fingerprint density at radius 1 is 0.727 bits per heavy atom. The minimum Gasteiger partial charge on any atom is -0.550 e. The summed E-state index contributed by atoms with van der Waals surface area (Å²) in [6.45, 7) is 13.0. The zero-order valence-corrected chi connectivity index (χ0v) is 41.2. The number of aryl methyl sites for hydroxylation is 2. The standard InChI is InChI=1S/C21H21N3O3.C18H17N3O.C3H5ClO2.C3H6O3.C2H4O2.Na/c1-4-24-19-12-16(26-3)10-11-17(19)18(13-22)20(24)14-6-8-15(9-7-14)23-21(25)27-5-2;1-3-21-17-10-14(22-2)8-9-15(17)16(11-19)18(21)12-4-6-13(20)7-5-12;1-2-6-3(4)5;1-2-5-6-3-4;1-2(3)4;/h6-12H,4-5H2,1-3H3,(H,23,25);4-10H,3,20H2,1-2H3;2H2,1H3;3H,2H2,1H3;1H3,(H,3,4);/q;;;;;+1/p-1. The fourth-order valence-electron chi connectivity index (χ4n) is 6.24. The minimum atomic E-state index is -1.08. The molecule has 1 amide bonds. The molecule has 0 atom stereocenters. The Morgan fingerprint density at radius 2 is 1.15 bits per heavy atom. The molecular weight excluding hydrogens is 883 g/mol. The largest absolute Gasteiger partial charge is 1.00 e. The van der Waals surface area contributed by atoms with Crippen molar-refractivity contribution in [2.24, 2.45) is 0 Å². The van der Waals surface area contributed by atoms with Gasteiger partial charge in [0.05, 0.1) is 67.6 Å². The second-order valence-corrected chi connectivity index (χ2v) is 13.0. The first kappa shape index (κ1) is 57.3. The van der Waals surface area contributed by atoms with Crippen LogP contribution in [0.15, 0.2) is 84.9 Å². The van der Waals surface area contributed by atoms with Crippen LogP contribution < -0.4 is 55.2 Å². The maximum atomic E-state index is 11.6. The number of rotatable bonds is 12. The van der Waals surface area contributed by atoms with Crippen LogP contribution >= 0.6 is 11.6 Å². The number of fused-ring (bicyclic) bond motifs is 2. The zero-order valence-electron chi connectivity index (χ0n) is 38.4. The van der Waals surface area contributed by atoms with Crippen LogP contribution in [0.2, 0.25) is 0 Å². The molecule has 17 nitrogen and oxygen atoms in total. The number of carbonyl (C=O) groups excluding carboxylic acids is 4. The summed E-state index contributed by atoms with van der Waals surface area (Å²) >= 11 is 4.72. The molecule has 0 saturated heterocycles. The smallest absolute Gasteiger partial charge is 0.550 e. The molecule has 0 aliphatic carbocycles. The molecule has 0 unspecified atom stereocenters. The summed E-state index contributed by atoms with van der Waals surface area (Å²) in [4.78, 5) is 47.2. The number of amides is 1. The summed E-state index contributed by atoms with van der Waals surface area (Å²) in [5.41, 5.74) is 13.3. The molecule has 6 rings (SSSR count). The molecule has 0 bridgehead atoms. The first-order valence-corrected chi connectivity index (χ1v) is 20.4. The van der Waals surface area contributed by atoms with Crippen molar-refractivity contribution in [2.75, 3.05) is 45.1 Å². The van der Waals surface area contributed by atoms with E-state index in [4.69, 9.17) is 41.4 Å². The van der Waals surface area contributed by atoms with Crippen LogP contribution in [0.5, 0.6) is 11.5 Å². The summed E-state index contributed by atoms with van der Waals surface area (Å²) in [5.74, 6) is 0.452. The molecule has 19 heteroatoms. The number of nitrogen functional groups attached to an aromatic ring is 1. The van der Waals surface area contributed by atoms with E-state index >= 15 is 0 Å². The van der Waals surface area contributed by atoms with Crippen molar-refractivity contribution in [1.29, 1.82) is 10.5 Å². The van der Waals surface area contributed by atoms with Crippen molar-refractivity contribution in [3.8, 4) is 46.2 Å². The second kappa shape index (κ2) is 30.4. The Bertz CT molecular complexity index is 2580. The molecule has 3 N–H and O–H groups in total. The van der Waals surface area contributed by atoms with Gasteiger partial charge in [0.15, 0.2) is 0 Å². The van der Waals surface area contributed by atoms with Crippen LogP contribution in [-0.2, 0) is 41.9 Å². The van der Waals surface area contributed by atoms with E-state index in [1.165, 1.54) is 0 Å². The van der Waals surface area contributed by atoms with Crippen LogP contribution in [0.25, 0.3) is 44.3 Å². The van der Waals surface area contributed by atoms with Gasteiger partial charge in [-0.1, -0.05) is 24.3 Å². The van der Waals surface area contributed by atoms with Gasteiger partial charge < -0.3 is 48.6 Å². The number of nitrogens with one attached hydrogen (secondary N) is 1. The van der Waals surface area contributed by atoms with Crippen LogP contribution in [-0.4, -0.2) is 67.1 Å². The number of anilines is 2. The fourth-order valence-corrected chi connectivity index (χ4v) is 6.35. The number of nitrogens with zero attached hydrogens (tertiary/aromatic N) is 4. The first-order valence-electron chi connectivity index (χ1n) is 20.1. The van der Waals surface area contributed by atoms with Gasteiger partial charge in [0.2, 0.25) is 0 Å². The van der Waals surface area contributed by atoms with Gasteiger partial charge in [-0.3, -0.25) is 10.1 Å². The number of carboxylic acid groups (broad SMARTS) is 1. The molecule has 0 fully saturated rings. The van der Waals surface area contributed by atoms with E-state index < -0.39 is 17.5 Å². The Hall–Kier alpha value is -6.73. The number of hydrogen-bond acceptors (Lipinski definition) is 14. The minimum absolute atomic E-state index is 0. The third kappa shape index (κ3) is 16.7. The van der Waals surface area contributed by atoms with Gasteiger partial charge in [-0.25, -0.2) is 9.59 Å². The molecule has 0 spiro atoms. The number of aliphatic carboxylic acids is 1. The van der Waals surface area contributed by atoms with Crippen LogP contribution in [0, 0.1) is 22.7 Å². The van der Waals surface area contributed by atoms with E-state index in [-0.39, 0.29) is 36.0 Å². The Balaban J connectivity index is 0.000000496. The van der Waals surface area contributed by atoms with Gasteiger partial charge in [0.1, 0.15) is 23.6 Å². The molecule has 0 aliphatic heterocycles. The number of nitrogens with two attached hydrogens (primary N) is 1. The predicted molar refractivity (Wildman–Crippen MR) is 246 cm³/mol. The van der Waals surface area contributed by atoms with E-state index in [0.29, 0.717) is 48.9 Å². The van der Waals surface area contributed by atoms with Crippen LogP contribution in [0.3, 0.4) is 0 Å². The number of methoxy groups -OCH3 is 2. The first-order chi connectivity index (χ1) is 31.2. The zero-order chi connectivity index (χ0) is 48.5. The van der Waals surface area contributed by atoms with Gasteiger partial charge in [-0.2, -0.15) is 15.4 Å². The van der Waals surface area contributed by atoms with Gasteiger partial charge in [0, 0.05) is 64.9 Å².